The van der Waals surface area contributed by atoms with Crippen molar-refractivity contribution in [1.29, 1.82) is 0 Å². The molecule has 28 heavy (non-hydrogen) atoms. The number of phenols is 1. The Labute approximate surface area is 169 Å². The molecule has 0 aliphatic carbocycles. The van der Waals surface area contributed by atoms with Crippen LogP contribution in [0.5, 0.6) is 5.75 Å². The van der Waals surface area contributed by atoms with Gasteiger partial charge in [0.05, 0.1) is 22.7 Å². The number of anilines is 2. The normalized spacial score (nSPS) is 11.1. The molecule has 0 saturated heterocycles. The molecular weight excluding hydrogens is 398 g/mol. The van der Waals surface area contributed by atoms with E-state index in [2.05, 4.69) is 14.8 Å². The van der Waals surface area contributed by atoms with Gasteiger partial charge in [-0.2, -0.15) is 9.61 Å². The number of rotatable bonds is 5. The quantitative estimate of drug-likeness (QED) is 0.367. The van der Waals surface area contributed by atoms with Crippen molar-refractivity contribution in [3.05, 3.63) is 65.4 Å². The number of aliphatic hydroxyl groups is 1. The van der Waals surface area contributed by atoms with E-state index < -0.39 is 0 Å². The van der Waals surface area contributed by atoms with Gasteiger partial charge in [0, 0.05) is 23.0 Å². The topological polar surface area (TPSA) is 109 Å². The van der Waals surface area contributed by atoms with Gasteiger partial charge >= 0.3 is 0 Å². The highest BCUT2D eigenvalue weighted by atomic mass is 35.5. The van der Waals surface area contributed by atoms with Crippen molar-refractivity contribution in [1.82, 2.24) is 14.6 Å². The number of hydrogen-bond donors (Lipinski definition) is 4. The lowest BCUT2D eigenvalue weighted by Crippen LogP contribution is -2.03. The van der Waals surface area contributed by atoms with E-state index in [1.54, 1.807) is 24.5 Å². The summed E-state index contributed by atoms with van der Waals surface area (Å²) in [6.45, 7) is -0.142. The first-order valence-corrected chi connectivity index (χ1v) is 9.50. The summed E-state index contributed by atoms with van der Waals surface area (Å²) in [5, 5.41) is 23.5. The lowest BCUT2D eigenvalue weighted by Gasteiger charge is -2.10. The van der Waals surface area contributed by atoms with Crippen LogP contribution < -0.4 is 10.5 Å². The molecule has 0 bridgehead atoms. The molecule has 0 radical (unpaired) electrons. The fraction of sp³-hybridized carbons (Fsp3) is 0.0526. The number of nitrogens with two attached hydrogens (primary N) is 1. The summed E-state index contributed by atoms with van der Waals surface area (Å²) in [5.41, 5.74) is 9.91. The molecule has 4 rings (SSSR count). The predicted molar refractivity (Wildman–Crippen MR) is 111 cm³/mol. The van der Waals surface area contributed by atoms with Crippen LogP contribution in [0.2, 0.25) is 5.02 Å². The molecule has 7 nitrogen and oxygen atoms in total. The second kappa shape index (κ2) is 7.59. The molecule has 9 heteroatoms. The summed E-state index contributed by atoms with van der Waals surface area (Å²) in [6.07, 6.45) is 3.23. The van der Waals surface area contributed by atoms with Crippen LogP contribution in [0, 0.1) is 0 Å². The fourth-order valence-electron chi connectivity index (χ4n) is 2.74. The first kappa shape index (κ1) is 18.4. The van der Waals surface area contributed by atoms with Gasteiger partial charge in [-0.15, -0.1) is 0 Å². The molecule has 0 amide bonds. The number of aromatic nitrogens is 3. The highest BCUT2D eigenvalue weighted by molar-refractivity contribution is 8.00. The van der Waals surface area contributed by atoms with Crippen molar-refractivity contribution < 1.29 is 10.2 Å². The maximum Gasteiger partial charge on any atom is 0.162 e. The molecule has 0 fully saturated rings. The van der Waals surface area contributed by atoms with Crippen molar-refractivity contribution >= 4 is 40.7 Å². The zero-order chi connectivity index (χ0) is 19.7. The number of nitrogen functional groups attached to an aromatic ring is 1. The molecule has 2 heterocycles. The fourth-order valence-corrected chi connectivity index (χ4v) is 3.69. The monoisotopic (exact) mass is 413 g/mol. The summed E-state index contributed by atoms with van der Waals surface area (Å²) in [4.78, 5) is 5.09. The van der Waals surface area contributed by atoms with Crippen LogP contribution in [0.4, 0.5) is 11.5 Å². The Bertz CT molecular complexity index is 1150. The Morgan fingerprint density at radius 3 is 2.68 bits per heavy atom. The number of nitrogens with zero attached hydrogens (tertiary/aromatic N) is 3. The van der Waals surface area contributed by atoms with E-state index in [9.17, 15) is 10.2 Å². The number of aliphatic hydroxyl groups excluding tert-OH is 1. The van der Waals surface area contributed by atoms with Gasteiger partial charge in [0.1, 0.15) is 11.6 Å². The number of benzene rings is 2. The van der Waals surface area contributed by atoms with Crippen molar-refractivity contribution in [2.24, 2.45) is 0 Å². The van der Waals surface area contributed by atoms with Crippen LogP contribution in [0.3, 0.4) is 0 Å². The molecule has 0 aliphatic rings. The van der Waals surface area contributed by atoms with Crippen molar-refractivity contribution in [3.8, 4) is 16.9 Å². The minimum absolute atomic E-state index is 0.0464. The van der Waals surface area contributed by atoms with E-state index in [1.165, 1.54) is 16.5 Å². The Balaban J connectivity index is 1.55. The third kappa shape index (κ3) is 3.33. The van der Waals surface area contributed by atoms with Gasteiger partial charge in [0.15, 0.2) is 5.65 Å². The second-order valence-corrected chi connectivity index (χ2v) is 7.22. The Morgan fingerprint density at radius 1 is 1.14 bits per heavy atom. The zero-order valence-electron chi connectivity index (χ0n) is 14.5. The van der Waals surface area contributed by atoms with Gasteiger partial charge in [0.25, 0.3) is 0 Å². The average Bonchev–Trinajstić information content (AvgIpc) is 3.14. The summed E-state index contributed by atoms with van der Waals surface area (Å²) in [5.74, 6) is 0.497. The zero-order valence-corrected chi connectivity index (χ0v) is 16.1. The van der Waals surface area contributed by atoms with Gasteiger partial charge in [-0.25, -0.2) is 4.98 Å². The van der Waals surface area contributed by atoms with Crippen LogP contribution in [0.1, 0.15) is 5.56 Å². The van der Waals surface area contributed by atoms with Crippen LogP contribution in [-0.4, -0.2) is 24.8 Å². The SMILES string of the molecule is Nc1c(-c2ccc(NSc3cccc(O)c3Cl)cc2)cnc2c(CO)cnn12. The number of phenolic OH excluding ortho intramolecular Hbond substituents is 1. The maximum absolute atomic E-state index is 9.67. The lowest BCUT2D eigenvalue weighted by atomic mass is 10.1. The van der Waals surface area contributed by atoms with Crippen molar-refractivity contribution in [3.63, 3.8) is 0 Å². The lowest BCUT2D eigenvalue weighted by molar-refractivity contribution is 0.283. The molecule has 0 saturated carbocycles. The van der Waals surface area contributed by atoms with Crippen LogP contribution in [0.15, 0.2) is 59.8 Å². The molecule has 2 aromatic carbocycles. The molecule has 0 aliphatic heterocycles. The Morgan fingerprint density at radius 2 is 1.93 bits per heavy atom. The first-order chi connectivity index (χ1) is 13.6. The largest absolute Gasteiger partial charge is 0.506 e. The van der Waals surface area contributed by atoms with E-state index in [1.807, 2.05) is 30.3 Å². The van der Waals surface area contributed by atoms with Gasteiger partial charge in [-0.1, -0.05) is 29.8 Å². The summed E-state index contributed by atoms with van der Waals surface area (Å²) < 4.78 is 4.71. The van der Waals surface area contributed by atoms with E-state index in [4.69, 9.17) is 17.3 Å². The molecule has 142 valence electrons. The number of nitrogens with one attached hydrogen (secondary N) is 1. The van der Waals surface area contributed by atoms with Crippen molar-refractivity contribution in [2.75, 3.05) is 10.5 Å². The summed E-state index contributed by atoms with van der Waals surface area (Å²) in [6, 6.07) is 12.7. The van der Waals surface area contributed by atoms with Crippen LogP contribution in [0.25, 0.3) is 16.8 Å². The second-order valence-electron chi connectivity index (χ2n) is 5.99. The molecule has 4 aromatic rings. The third-order valence-electron chi connectivity index (χ3n) is 4.22. The Hall–Kier alpha value is -2.94. The Kier molecular flexibility index (Phi) is 4.99. The molecular formula is C19H16ClN5O2S. The maximum atomic E-state index is 9.67. The third-order valence-corrected chi connectivity index (χ3v) is 5.63. The number of halogens is 1. The molecule has 2 aromatic heterocycles. The smallest absolute Gasteiger partial charge is 0.162 e. The summed E-state index contributed by atoms with van der Waals surface area (Å²) in [7, 11) is 0. The molecule has 0 spiro atoms. The van der Waals surface area contributed by atoms with Gasteiger partial charge in [0.2, 0.25) is 0 Å². The predicted octanol–water partition coefficient (Wildman–Crippen LogP) is 3.95. The minimum Gasteiger partial charge on any atom is -0.506 e. The van der Waals surface area contributed by atoms with E-state index in [-0.39, 0.29) is 12.4 Å². The molecule has 5 N–H and O–H groups in total. The highest BCUT2D eigenvalue weighted by Gasteiger charge is 2.12. The van der Waals surface area contributed by atoms with E-state index >= 15 is 0 Å². The number of hydrogen-bond acceptors (Lipinski definition) is 7. The summed E-state index contributed by atoms with van der Waals surface area (Å²) >= 11 is 7.40. The van der Waals surface area contributed by atoms with E-state index in [0.29, 0.717) is 22.1 Å². The van der Waals surface area contributed by atoms with Gasteiger partial charge < -0.3 is 20.7 Å². The number of aromatic hydroxyl groups is 1. The first-order valence-electron chi connectivity index (χ1n) is 8.31. The highest BCUT2D eigenvalue weighted by Crippen LogP contribution is 2.35. The van der Waals surface area contributed by atoms with Gasteiger partial charge in [-0.05, 0) is 41.8 Å². The van der Waals surface area contributed by atoms with Crippen LogP contribution >= 0.6 is 23.5 Å². The van der Waals surface area contributed by atoms with Crippen molar-refractivity contribution in [2.45, 2.75) is 11.5 Å². The van der Waals surface area contributed by atoms with Crippen LogP contribution in [-0.2, 0) is 6.61 Å². The molecule has 0 atom stereocenters. The number of fused-ring (bicyclic) bond motifs is 1. The molecule has 0 unspecified atom stereocenters. The van der Waals surface area contributed by atoms with E-state index in [0.717, 1.165) is 21.7 Å². The standard InChI is InChI=1S/C19H16ClN5O2S/c20-17-15(27)2-1-3-16(17)28-24-13-6-4-11(5-7-13)14-9-22-19-12(10-26)8-23-25(19)18(14)21/h1-9,24,26-27H,10,21H2. The average molecular weight is 414 g/mol. The minimum atomic E-state index is -0.142. The van der Waals surface area contributed by atoms with Gasteiger partial charge in [-0.3, -0.25) is 0 Å².